The molecule has 1 aromatic carbocycles. The monoisotopic (exact) mass is 461 g/mol. The fraction of sp³-hybridized carbons (Fsp3) is 0.455. The number of hydrogen-bond acceptors (Lipinski definition) is 6. The number of thioether (sulfide) groups is 1. The summed E-state index contributed by atoms with van der Waals surface area (Å²) in [4.78, 5) is 42.5. The summed E-state index contributed by atoms with van der Waals surface area (Å²) in [6.45, 7) is 6.50. The number of nitrogens with zero attached hydrogens (tertiary/aromatic N) is 3. The molecular weight excluding hydrogens is 434 g/mol. The highest BCUT2D eigenvalue weighted by Gasteiger charge is 2.32. The lowest BCUT2D eigenvalue weighted by Crippen LogP contribution is -2.50. The largest absolute Gasteiger partial charge is 0.450 e. The van der Waals surface area contributed by atoms with Gasteiger partial charge in [0, 0.05) is 39.1 Å². The van der Waals surface area contributed by atoms with Gasteiger partial charge in [0.05, 0.1) is 11.5 Å². The van der Waals surface area contributed by atoms with Gasteiger partial charge in [0.2, 0.25) is 5.91 Å². The number of hydrogen-bond donors (Lipinski definition) is 0. The summed E-state index contributed by atoms with van der Waals surface area (Å²) in [6.07, 6.45) is 2.41. The van der Waals surface area contributed by atoms with E-state index in [1.54, 1.807) is 21.6 Å². The smallest absolute Gasteiger partial charge is 0.409 e. The van der Waals surface area contributed by atoms with Gasteiger partial charge in [-0.15, -0.1) is 0 Å². The number of thiocarbonyl (C=S) groups is 1. The van der Waals surface area contributed by atoms with Crippen LogP contribution in [0, 0.1) is 6.92 Å². The van der Waals surface area contributed by atoms with Crippen molar-refractivity contribution in [2.45, 2.75) is 26.7 Å². The number of piperazine rings is 1. The van der Waals surface area contributed by atoms with Crippen LogP contribution in [0.15, 0.2) is 29.2 Å². The lowest BCUT2D eigenvalue weighted by molar-refractivity contribution is -0.133. The van der Waals surface area contributed by atoms with Crippen molar-refractivity contribution in [3.8, 4) is 0 Å². The highest BCUT2D eigenvalue weighted by molar-refractivity contribution is 8.26. The minimum Gasteiger partial charge on any atom is -0.450 e. The minimum absolute atomic E-state index is 0.0316. The van der Waals surface area contributed by atoms with Gasteiger partial charge in [-0.1, -0.05) is 53.8 Å². The molecule has 0 radical (unpaired) electrons. The maximum atomic E-state index is 12.7. The molecule has 0 aromatic heterocycles. The zero-order valence-corrected chi connectivity index (χ0v) is 19.5. The molecule has 2 saturated heterocycles. The normalized spacial score (nSPS) is 18.1. The van der Waals surface area contributed by atoms with Crippen molar-refractivity contribution >= 4 is 52.3 Å². The van der Waals surface area contributed by atoms with Gasteiger partial charge in [0.25, 0.3) is 5.91 Å². The van der Waals surface area contributed by atoms with Gasteiger partial charge in [0.1, 0.15) is 4.32 Å². The van der Waals surface area contributed by atoms with Gasteiger partial charge in [0.15, 0.2) is 0 Å². The van der Waals surface area contributed by atoms with Crippen LogP contribution < -0.4 is 0 Å². The summed E-state index contributed by atoms with van der Waals surface area (Å²) in [5, 5.41) is 0. The molecule has 7 nitrogen and oxygen atoms in total. The average Bonchev–Trinajstić information content (AvgIpc) is 3.03. The van der Waals surface area contributed by atoms with E-state index in [-0.39, 0.29) is 17.9 Å². The molecule has 31 heavy (non-hydrogen) atoms. The highest BCUT2D eigenvalue weighted by atomic mass is 32.2. The standard InChI is InChI=1S/C22H27N3O4S2/c1-3-29-21(28)24-13-11-23(12-14-24)19(26)5-4-10-25-20(27)18(31-22(25)30)15-17-8-6-16(2)7-9-17/h6-9,15H,3-5,10-14H2,1-2H3/b18-15-. The van der Waals surface area contributed by atoms with Crippen molar-refractivity contribution in [2.75, 3.05) is 39.3 Å². The zero-order chi connectivity index (χ0) is 22.4. The Labute approximate surface area is 192 Å². The molecule has 2 heterocycles. The quantitative estimate of drug-likeness (QED) is 0.478. The maximum Gasteiger partial charge on any atom is 0.409 e. The predicted molar refractivity (Wildman–Crippen MR) is 125 cm³/mol. The third kappa shape index (κ3) is 6.07. The SMILES string of the molecule is CCOC(=O)N1CCN(C(=O)CCCN2C(=O)/C(=C/c3ccc(C)cc3)SC2=S)CC1. The van der Waals surface area contributed by atoms with Crippen molar-refractivity contribution in [3.05, 3.63) is 40.3 Å². The van der Waals surface area contributed by atoms with Gasteiger partial charge in [-0.3, -0.25) is 14.5 Å². The zero-order valence-electron chi connectivity index (χ0n) is 17.8. The predicted octanol–water partition coefficient (Wildman–Crippen LogP) is 3.28. The molecule has 2 aliphatic rings. The lowest BCUT2D eigenvalue weighted by Gasteiger charge is -2.34. The molecule has 3 rings (SSSR count). The minimum atomic E-state index is -0.331. The first-order chi connectivity index (χ1) is 14.9. The molecule has 0 bridgehead atoms. The number of benzene rings is 1. The Morgan fingerprint density at radius 1 is 1.13 bits per heavy atom. The van der Waals surface area contributed by atoms with E-state index in [2.05, 4.69) is 0 Å². The molecule has 3 amide bonds. The van der Waals surface area contributed by atoms with Gasteiger partial charge < -0.3 is 14.5 Å². The second-order valence-corrected chi connectivity index (χ2v) is 9.09. The molecule has 0 saturated carbocycles. The summed E-state index contributed by atoms with van der Waals surface area (Å²) in [5.41, 5.74) is 2.12. The van der Waals surface area contributed by atoms with Crippen LogP contribution in [0.4, 0.5) is 4.79 Å². The van der Waals surface area contributed by atoms with Crippen LogP contribution in [0.3, 0.4) is 0 Å². The fourth-order valence-electron chi connectivity index (χ4n) is 3.41. The molecule has 0 atom stereocenters. The third-order valence-corrected chi connectivity index (χ3v) is 6.56. The first-order valence-corrected chi connectivity index (χ1v) is 11.6. The highest BCUT2D eigenvalue weighted by Crippen LogP contribution is 2.32. The Morgan fingerprint density at radius 2 is 1.77 bits per heavy atom. The van der Waals surface area contributed by atoms with E-state index >= 15 is 0 Å². The number of carbonyl (C=O) groups is 3. The Hall–Kier alpha value is -2.39. The topological polar surface area (TPSA) is 70.2 Å². The van der Waals surface area contributed by atoms with Crippen molar-refractivity contribution < 1.29 is 19.1 Å². The Kier molecular flexibility index (Phi) is 8.09. The summed E-state index contributed by atoms with van der Waals surface area (Å²) in [6, 6.07) is 7.96. The Bertz CT molecular complexity index is 877. The van der Waals surface area contributed by atoms with Crippen LogP contribution in [0.25, 0.3) is 6.08 Å². The van der Waals surface area contributed by atoms with Crippen LogP contribution >= 0.6 is 24.0 Å². The summed E-state index contributed by atoms with van der Waals surface area (Å²) in [5.74, 6) is -0.0739. The number of rotatable bonds is 6. The number of aryl methyl sites for hydroxylation is 1. The number of amides is 3. The molecule has 2 aliphatic heterocycles. The van der Waals surface area contributed by atoms with Gasteiger partial charge in [-0.25, -0.2) is 4.79 Å². The van der Waals surface area contributed by atoms with Crippen molar-refractivity contribution in [2.24, 2.45) is 0 Å². The van der Waals surface area contributed by atoms with Crippen molar-refractivity contribution in [1.82, 2.24) is 14.7 Å². The van der Waals surface area contributed by atoms with Crippen LogP contribution in [0.5, 0.6) is 0 Å². The Balaban J connectivity index is 1.45. The van der Waals surface area contributed by atoms with Crippen LogP contribution in [0.2, 0.25) is 0 Å². The first kappa shape index (κ1) is 23.3. The molecule has 0 N–H and O–H groups in total. The molecule has 0 unspecified atom stereocenters. The van der Waals surface area contributed by atoms with Gasteiger partial charge in [-0.2, -0.15) is 0 Å². The van der Waals surface area contributed by atoms with E-state index in [0.29, 0.717) is 61.4 Å². The van der Waals surface area contributed by atoms with E-state index in [0.717, 1.165) is 11.1 Å². The van der Waals surface area contributed by atoms with Gasteiger partial charge in [-0.05, 0) is 31.9 Å². The average molecular weight is 462 g/mol. The van der Waals surface area contributed by atoms with E-state index < -0.39 is 0 Å². The van der Waals surface area contributed by atoms with E-state index in [1.807, 2.05) is 37.3 Å². The van der Waals surface area contributed by atoms with Crippen LogP contribution in [0.1, 0.15) is 30.9 Å². The Morgan fingerprint density at radius 3 is 2.42 bits per heavy atom. The van der Waals surface area contributed by atoms with Crippen molar-refractivity contribution in [1.29, 1.82) is 0 Å². The second kappa shape index (κ2) is 10.8. The molecule has 166 valence electrons. The third-order valence-electron chi connectivity index (χ3n) is 5.18. The lowest BCUT2D eigenvalue weighted by atomic mass is 10.1. The van der Waals surface area contributed by atoms with Crippen LogP contribution in [-0.4, -0.2) is 76.3 Å². The summed E-state index contributed by atoms with van der Waals surface area (Å²) >= 11 is 6.68. The van der Waals surface area contributed by atoms with E-state index in [9.17, 15) is 14.4 Å². The fourth-order valence-corrected chi connectivity index (χ4v) is 4.72. The molecule has 0 aliphatic carbocycles. The first-order valence-electron chi connectivity index (χ1n) is 10.4. The van der Waals surface area contributed by atoms with Gasteiger partial charge >= 0.3 is 6.09 Å². The molecule has 2 fully saturated rings. The number of ether oxygens (including phenoxy) is 1. The van der Waals surface area contributed by atoms with E-state index in [4.69, 9.17) is 17.0 Å². The molecule has 0 spiro atoms. The molecule has 1 aromatic rings. The maximum absolute atomic E-state index is 12.7. The summed E-state index contributed by atoms with van der Waals surface area (Å²) in [7, 11) is 0. The van der Waals surface area contributed by atoms with E-state index in [1.165, 1.54) is 11.8 Å². The molecular formula is C22H27N3O4S2. The van der Waals surface area contributed by atoms with Crippen LogP contribution in [-0.2, 0) is 14.3 Å². The second-order valence-electron chi connectivity index (χ2n) is 7.41. The van der Waals surface area contributed by atoms with Crippen molar-refractivity contribution in [3.63, 3.8) is 0 Å². The summed E-state index contributed by atoms with van der Waals surface area (Å²) < 4.78 is 5.52. The number of carbonyl (C=O) groups excluding carboxylic acids is 3. The molecule has 9 heteroatoms.